The van der Waals surface area contributed by atoms with E-state index >= 15 is 0 Å². The van der Waals surface area contributed by atoms with E-state index in [0.29, 0.717) is 0 Å². The molecule has 12 aromatic rings. The number of fused-ring (bicyclic) bond motifs is 9. The van der Waals surface area contributed by atoms with Gasteiger partial charge in [-0.05, 0) is 126 Å². The van der Waals surface area contributed by atoms with Crippen LogP contribution < -0.4 is 4.90 Å². The smallest absolute Gasteiger partial charge is 0.143 e. The number of nitrogens with zero attached hydrogens (tertiary/aromatic N) is 1. The van der Waals surface area contributed by atoms with Crippen molar-refractivity contribution in [2.45, 2.75) is 0 Å². The lowest BCUT2D eigenvalue weighted by atomic mass is 9.92. The first-order valence-corrected chi connectivity index (χ1v) is 20.6. The zero-order valence-electron chi connectivity index (χ0n) is 32.7. The third-order valence-electron chi connectivity index (χ3n) is 12.2. The molecule has 0 aliphatic carbocycles. The Balaban J connectivity index is 0.990. The molecular weight excluding hydrogens is 727 g/mol. The summed E-state index contributed by atoms with van der Waals surface area (Å²) in [4.78, 5) is 2.38. The van der Waals surface area contributed by atoms with Gasteiger partial charge in [-0.3, -0.25) is 0 Å². The highest BCUT2D eigenvalue weighted by molar-refractivity contribution is 6.20. The molecule has 1 heterocycles. The Morgan fingerprint density at radius 3 is 1.72 bits per heavy atom. The molecule has 0 bridgehead atoms. The van der Waals surface area contributed by atoms with Gasteiger partial charge in [0.2, 0.25) is 0 Å². The van der Waals surface area contributed by atoms with Crippen molar-refractivity contribution in [2.24, 2.45) is 0 Å². The minimum atomic E-state index is 0.865. The Morgan fingerprint density at radius 2 is 0.900 bits per heavy atom. The molecule has 1 aromatic heterocycles. The van der Waals surface area contributed by atoms with Crippen molar-refractivity contribution >= 4 is 82.1 Å². The first-order chi connectivity index (χ1) is 29.7. The number of benzene rings is 11. The van der Waals surface area contributed by atoms with Crippen LogP contribution in [0.4, 0.5) is 17.1 Å². The summed E-state index contributed by atoms with van der Waals surface area (Å²) in [5.41, 5.74) is 12.1. The third kappa shape index (κ3) is 5.65. The number of hydrogen-bond acceptors (Lipinski definition) is 2. The van der Waals surface area contributed by atoms with Gasteiger partial charge >= 0.3 is 0 Å². The number of rotatable bonds is 6. The summed E-state index contributed by atoms with van der Waals surface area (Å²) in [6.07, 6.45) is 0. The average Bonchev–Trinajstić information content (AvgIpc) is 3.72. The van der Waals surface area contributed by atoms with Crippen LogP contribution in [0.3, 0.4) is 0 Å². The third-order valence-corrected chi connectivity index (χ3v) is 12.2. The second-order valence-electron chi connectivity index (χ2n) is 15.7. The number of hydrogen-bond donors (Lipinski definition) is 0. The molecule has 0 unspecified atom stereocenters. The fourth-order valence-electron chi connectivity index (χ4n) is 9.28. The van der Waals surface area contributed by atoms with Crippen LogP contribution in [0, 0.1) is 0 Å². The maximum Gasteiger partial charge on any atom is 0.143 e. The van der Waals surface area contributed by atoms with Gasteiger partial charge < -0.3 is 9.32 Å². The summed E-state index contributed by atoms with van der Waals surface area (Å²) >= 11 is 0. The lowest BCUT2D eigenvalue weighted by Crippen LogP contribution is -2.10. The lowest BCUT2D eigenvalue weighted by Gasteiger charge is -2.27. The fourth-order valence-corrected chi connectivity index (χ4v) is 9.28. The summed E-state index contributed by atoms with van der Waals surface area (Å²) in [6.45, 7) is 0. The standard InChI is InChI=1S/C58H37NO/c1-2-13-43-35-45(28-25-38(43)11-1)40-29-32-47(33-30-40)59(55-21-10-22-56-57(55)53-34-31-41-12-3-6-18-50(41)58(53)60-56)48-16-9-15-44(36-48)39-23-26-42(27-24-39)54-37-46-14-4-5-17-49(46)51-19-7-8-20-52(51)54/h1-37H. The molecule has 0 N–H and O–H groups in total. The van der Waals surface area contributed by atoms with E-state index in [0.717, 1.165) is 55.5 Å². The van der Waals surface area contributed by atoms with Crippen LogP contribution in [0.2, 0.25) is 0 Å². The molecule has 0 saturated heterocycles. The SMILES string of the molecule is c1cc(-c2ccc(-c3cc4ccccc4c4ccccc34)cc2)cc(N(c2ccc(-c3ccc4ccccc4c3)cc2)c2cccc3oc4c5ccccc5ccc4c23)c1. The second-order valence-corrected chi connectivity index (χ2v) is 15.7. The van der Waals surface area contributed by atoms with Gasteiger partial charge in [-0.15, -0.1) is 0 Å². The van der Waals surface area contributed by atoms with Crippen LogP contribution in [0.15, 0.2) is 229 Å². The molecule has 0 aliphatic heterocycles. The minimum Gasteiger partial charge on any atom is -0.455 e. The summed E-state index contributed by atoms with van der Waals surface area (Å²) in [5, 5.41) is 12.0. The molecule has 2 heteroatoms. The van der Waals surface area contributed by atoms with Gasteiger partial charge in [-0.2, -0.15) is 0 Å². The van der Waals surface area contributed by atoms with E-state index in [-0.39, 0.29) is 0 Å². The Hall–Kier alpha value is -7.94. The van der Waals surface area contributed by atoms with E-state index in [9.17, 15) is 0 Å². The highest BCUT2D eigenvalue weighted by Crippen LogP contribution is 2.45. The van der Waals surface area contributed by atoms with Gasteiger partial charge in [0.25, 0.3) is 0 Å². The summed E-state index contributed by atoms with van der Waals surface area (Å²) in [6, 6.07) is 81.3. The Kier molecular flexibility index (Phi) is 7.89. The van der Waals surface area contributed by atoms with E-state index < -0.39 is 0 Å². The molecule has 60 heavy (non-hydrogen) atoms. The molecule has 0 fully saturated rings. The molecular formula is C58H37NO. The molecule has 0 radical (unpaired) electrons. The summed E-state index contributed by atoms with van der Waals surface area (Å²) in [5.74, 6) is 0. The highest BCUT2D eigenvalue weighted by atomic mass is 16.3. The normalized spacial score (nSPS) is 11.7. The van der Waals surface area contributed by atoms with Crippen molar-refractivity contribution in [3.8, 4) is 33.4 Å². The number of anilines is 3. The quantitative estimate of drug-likeness (QED) is 0.157. The number of furan rings is 1. The topological polar surface area (TPSA) is 16.4 Å². The zero-order valence-corrected chi connectivity index (χ0v) is 32.7. The predicted molar refractivity (Wildman–Crippen MR) is 255 cm³/mol. The van der Waals surface area contributed by atoms with Gasteiger partial charge in [0.1, 0.15) is 11.2 Å². The summed E-state index contributed by atoms with van der Waals surface area (Å²) < 4.78 is 6.70. The molecule has 0 saturated carbocycles. The minimum absolute atomic E-state index is 0.865. The largest absolute Gasteiger partial charge is 0.455 e. The predicted octanol–water partition coefficient (Wildman–Crippen LogP) is 16.7. The van der Waals surface area contributed by atoms with Gasteiger partial charge in [0, 0.05) is 22.1 Å². The molecule has 2 nitrogen and oxygen atoms in total. The van der Waals surface area contributed by atoms with Crippen LogP contribution in [0.25, 0.3) is 98.4 Å². The first kappa shape index (κ1) is 34.1. The molecule has 11 aromatic carbocycles. The molecule has 0 aliphatic rings. The van der Waals surface area contributed by atoms with Crippen molar-refractivity contribution in [1.29, 1.82) is 0 Å². The Labute approximate surface area is 347 Å². The van der Waals surface area contributed by atoms with Crippen LogP contribution in [0.5, 0.6) is 0 Å². The lowest BCUT2D eigenvalue weighted by molar-refractivity contribution is 0.672. The van der Waals surface area contributed by atoms with Gasteiger partial charge in [0.15, 0.2) is 0 Å². The average molecular weight is 764 g/mol. The van der Waals surface area contributed by atoms with Crippen molar-refractivity contribution < 1.29 is 4.42 Å². The van der Waals surface area contributed by atoms with Crippen LogP contribution >= 0.6 is 0 Å². The van der Waals surface area contributed by atoms with Crippen molar-refractivity contribution in [3.05, 3.63) is 224 Å². The molecule has 12 rings (SSSR count). The zero-order chi connectivity index (χ0) is 39.6. The summed E-state index contributed by atoms with van der Waals surface area (Å²) in [7, 11) is 0. The monoisotopic (exact) mass is 763 g/mol. The van der Waals surface area contributed by atoms with Crippen LogP contribution in [-0.4, -0.2) is 0 Å². The van der Waals surface area contributed by atoms with Gasteiger partial charge in [-0.25, -0.2) is 0 Å². The highest BCUT2D eigenvalue weighted by Gasteiger charge is 2.21. The Bertz CT molecular complexity index is 3600. The second kappa shape index (κ2) is 13.9. The Morgan fingerprint density at radius 1 is 0.300 bits per heavy atom. The van der Waals surface area contributed by atoms with Crippen LogP contribution in [0.1, 0.15) is 0 Å². The van der Waals surface area contributed by atoms with Crippen molar-refractivity contribution in [2.75, 3.05) is 4.90 Å². The van der Waals surface area contributed by atoms with E-state index in [1.54, 1.807) is 0 Å². The first-order valence-electron chi connectivity index (χ1n) is 20.6. The molecule has 280 valence electrons. The van der Waals surface area contributed by atoms with Crippen molar-refractivity contribution in [1.82, 2.24) is 0 Å². The van der Waals surface area contributed by atoms with Crippen LogP contribution in [-0.2, 0) is 0 Å². The van der Waals surface area contributed by atoms with E-state index in [1.165, 1.54) is 60.0 Å². The van der Waals surface area contributed by atoms with E-state index in [2.05, 4.69) is 229 Å². The molecule has 0 amide bonds. The molecule has 0 spiro atoms. The van der Waals surface area contributed by atoms with Gasteiger partial charge in [0.05, 0.1) is 11.1 Å². The van der Waals surface area contributed by atoms with Gasteiger partial charge in [-0.1, -0.05) is 170 Å². The maximum absolute atomic E-state index is 6.70. The fraction of sp³-hybridized carbons (Fsp3) is 0. The van der Waals surface area contributed by atoms with E-state index in [4.69, 9.17) is 4.42 Å². The van der Waals surface area contributed by atoms with Crippen molar-refractivity contribution in [3.63, 3.8) is 0 Å². The van der Waals surface area contributed by atoms with E-state index in [1.807, 2.05) is 0 Å². The molecule has 0 atom stereocenters. The maximum atomic E-state index is 6.70.